The molecule has 1 atom stereocenters. The van der Waals surface area contributed by atoms with Crippen LogP contribution in [0.25, 0.3) is 0 Å². The molecule has 0 saturated carbocycles. The third-order valence-corrected chi connectivity index (χ3v) is 1.23. The van der Waals surface area contributed by atoms with Crippen LogP contribution in [-0.2, 0) is 0 Å². The Bertz CT molecular complexity index is 52.3. The SMILES string of the molecule is CCC(N)CCCF.Cl. The van der Waals surface area contributed by atoms with Crippen LogP contribution in [0, 0.1) is 0 Å². The van der Waals surface area contributed by atoms with Crippen molar-refractivity contribution in [2.45, 2.75) is 32.2 Å². The van der Waals surface area contributed by atoms with Gasteiger partial charge in [-0.3, -0.25) is 4.39 Å². The summed E-state index contributed by atoms with van der Waals surface area (Å²) in [5.41, 5.74) is 5.49. The Morgan fingerprint density at radius 3 is 2.44 bits per heavy atom. The first-order valence-corrected chi connectivity index (χ1v) is 3.12. The van der Waals surface area contributed by atoms with E-state index in [9.17, 15) is 4.39 Å². The Morgan fingerprint density at radius 1 is 1.56 bits per heavy atom. The smallest absolute Gasteiger partial charge is 0.0895 e. The Labute approximate surface area is 62.2 Å². The highest BCUT2D eigenvalue weighted by atomic mass is 35.5. The maximum Gasteiger partial charge on any atom is 0.0895 e. The monoisotopic (exact) mass is 155 g/mol. The van der Waals surface area contributed by atoms with E-state index in [2.05, 4.69) is 0 Å². The van der Waals surface area contributed by atoms with Crippen LogP contribution < -0.4 is 5.73 Å². The Balaban J connectivity index is 0. The van der Waals surface area contributed by atoms with Gasteiger partial charge in [0.25, 0.3) is 0 Å². The second kappa shape index (κ2) is 8.18. The molecule has 0 amide bonds. The van der Waals surface area contributed by atoms with Crippen LogP contribution >= 0.6 is 12.4 Å². The summed E-state index contributed by atoms with van der Waals surface area (Å²) >= 11 is 0. The first-order valence-electron chi connectivity index (χ1n) is 3.12. The summed E-state index contributed by atoms with van der Waals surface area (Å²) in [6.45, 7) is 1.79. The number of hydrogen-bond donors (Lipinski definition) is 1. The summed E-state index contributed by atoms with van der Waals surface area (Å²) in [6, 6.07) is 0.214. The van der Waals surface area contributed by atoms with Crippen molar-refractivity contribution in [1.82, 2.24) is 0 Å². The van der Waals surface area contributed by atoms with Gasteiger partial charge in [0.15, 0.2) is 0 Å². The normalized spacial score (nSPS) is 12.3. The molecule has 9 heavy (non-hydrogen) atoms. The van der Waals surface area contributed by atoms with E-state index in [0.717, 1.165) is 12.8 Å². The van der Waals surface area contributed by atoms with Crippen molar-refractivity contribution < 1.29 is 4.39 Å². The Hall–Kier alpha value is 0.180. The lowest BCUT2D eigenvalue weighted by atomic mass is 10.1. The molecule has 0 radical (unpaired) electrons. The van der Waals surface area contributed by atoms with Crippen LogP contribution in [0.3, 0.4) is 0 Å². The first-order chi connectivity index (χ1) is 3.81. The average molecular weight is 156 g/mol. The number of nitrogens with two attached hydrogens (primary N) is 1. The fourth-order valence-corrected chi connectivity index (χ4v) is 0.543. The Morgan fingerprint density at radius 2 is 2.11 bits per heavy atom. The van der Waals surface area contributed by atoms with Crippen molar-refractivity contribution in [2.75, 3.05) is 6.67 Å². The molecular formula is C6H15ClFN. The summed E-state index contributed by atoms with van der Waals surface area (Å²) < 4.78 is 11.4. The van der Waals surface area contributed by atoms with Crippen LogP contribution in [0.5, 0.6) is 0 Å². The topological polar surface area (TPSA) is 26.0 Å². The van der Waals surface area contributed by atoms with Crippen molar-refractivity contribution in [2.24, 2.45) is 5.73 Å². The maximum atomic E-state index is 11.4. The van der Waals surface area contributed by atoms with E-state index < -0.39 is 0 Å². The van der Waals surface area contributed by atoms with E-state index in [4.69, 9.17) is 5.73 Å². The number of rotatable bonds is 4. The molecule has 2 N–H and O–H groups in total. The minimum absolute atomic E-state index is 0. The molecule has 0 heterocycles. The third kappa shape index (κ3) is 8.18. The maximum absolute atomic E-state index is 11.4. The molecule has 0 fully saturated rings. The minimum atomic E-state index is -0.228. The molecule has 3 heteroatoms. The van der Waals surface area contributed by atoms with Crippen molar-refractivity contribution in [1.29, 1.82) is 0 Å². The van der Waals surface area contributed by atoms with Gasteiger partial charge >= 0.3 is 0 Å². The lowest BCUT2D eigenvalue weighted by Crippen LogP contribution is -2.18. The molecule has 0 aromatic heterocycles. The van der Waals surface area contributed by atoms with E-state index >= 15 is 0 Å². The molecule has 0 aliphatic carbocycles. The van der Waals surface area contributed by atoms with Gasteiger partial charge in [0, 0.05) is 6.04 Å². The third-order valence-electron chi connectivity index (χ3n) is 1.23. The van der Waals surface area contributed by atoms with Crippen molar-refractivity contribution in [3.63, 3.8) is 0 Å². The van der Waals surface area contributed by atoms with Gasteiger partial charge in [-0.05, 0) is 19.3 Å². The second-order valence-electron chi connectivity index (χ2n) is 2.00. The largest absolute Gasteiger partial charge is 0.328 e. The summed E-state index contributed by atoms with van der Waals surface area (Å²) in [7, 11) is 0. The van der Waals surface area contributed by atoms with Gasteiger partial charge in [-0.2, -0.15) is 0 Å². The number of halogens is 2. The first kappa shape index (κ1) is 11.9. The van der Waals surface area contributed by atoms with Gasteiger partial charge in [0.2, 0.25) is 0 Å². The molecule has 1 unspecified atom stereocenters. The molecule has 0 rings (SSSR count). The highest BCUT2D eigenvalue weighted by molar-refractivity contribution is 5.85. The lowest BCUT2D eigenvalue weighted by Gasteiger charge is -2.04. The molecule has 0 bridgehead atoms. The molecule has 0 aromatic carbocycles. The fourth-order valence-electron chi connectivity index (χ4n) is 0.543. The van der Waals surface area contributed by atoms with Crippen LogP contribution in [0.4, 0.5) is 4.39 Å². The highest BCUT2D eigenvalue weighted by Crippen LogP contribution is 1.97. The summed E-state index contributed by atoms with van der Waals surface area (Å²) in [6.07, 6.45) is 2.40. The van der Waals surface area contributed by atoms with Crippen molar-refractivity contribution >= 4 is 12.4 Å². The molecule has 0 aromatic rings. The zero-order valence-corrected chi connectivity index (χ0v) is 6.59. The van der Waals surface area contributed by atoms with E-state index in [0.29, 0.717) is 6.42 Å². The van der Waals surface area contributed by atoms with Crippen molar-refractivity contribution in [3.05, 3.63) is 0 Å². The number of hydrogen-bond acceptors (Lipinski definition) is 1. The predicted octanol–water partition coefficient (Wildman–Crippen LogP) is 1.90. The van der Waals surface area contributed by atoms with Gasteiger partial charge in [0.05, 0.1) is 6.67 Å². The van der Waals surface area contributed by atoms with Crippen LogP contribution in [0.2, 0.25) is 0 Å². The second-order valence-corrected chi connectivity index (χ2v) is 2.00. The van der Waals surface area contributed by atoms with E-state index in [-0.39, 0.29) is 25.1 Å². The van der Waals surface area contributed by atoms with Crippen LogP contribution in [0.1, 0.15) is 26.2 Å². The van der Waals surface area contributed by atoms with Crippen LogP contribution in [0.15, 0.2) is 0 Å². The minimum Gasteiger partial charge on any atom is -0.328 e. The van der Waals surface area contributed by atoms with Gasteiger partial charge in [-0.1, -0.05) is 6.92 Å². The van der Waals surface area contributed by atoms with E-state index in [1.807, 2.05) is 6.92 Å². The summed E-state index contributed by atoms with van der Waals surface area (Å²) in [5, 5.41) is 0. The van der Waals surface area contributed by atoms with Crippen LogP contribution in [-0.4, -0.2) is 12.7 Å². The lowest BCUT2D eigenvalue weighted by molar-refractivity contribution is 0.437. The molecule has 0 spiro atoms. The van der Waals surface area contributed by atoms with E-state index in [1.165, 1.54) is 0 Å². The fraction of sp³-hybridized carbons (Fsp3) is 1.00. The predicted molar refractivity (Wildman–Crippen MR) is 40.7 cm³/mol. The molecule has 0 aliphatic heterocycles. The van der Waals surface area contributed by atoms with E-state index in [1.54, 1.807) is 0 Å². The highest BCUT2D eigenvalue weighted by Gasteiger charge is 1.95. The van der Waals surface area contributed by atoms with Gasteiger partial charge in [-0.25, -0.2) is 0 Å². The molecule has 58 valence electrons. The summed E-state index contributed by atoms with van der Waals surface area (Å²) in [5.74, 6) is 0. The molecular weight excluding hydrogens is 141 g/mol. The average Bonchev–Trinajstić information content (AvgIpc) is 1.83. The zero-order chi connectivity index (χ0) is 6.41. The zero-order valence-electron chi connectivity index (χ0n) is 5.77. The molecule has 1 nitrogen and oxygen atoms in total. The molecule has 0 saturated heterocycles. The number of alkyl halides is 1. The standard InChI is InChI=1S/C6H14FN.ClH/c1-2-6(8)4-3-5-7;/h6H,2-5,8H2,1H3;1H. The van der Waals surface area contributed by atoms with Gasteiger partial charge in [0.1, 0.15) is 0 Å². The molecule has 0 aliphatic rings. The Kier molecular flexibility index (Phi) is 10.8. The van der Waals surface area contributed by atoms with Crippen molar-refractivity contribution in [3.8, 4) is 0 Å². The summed E-state index contributed by atoms with van der Waals surface area (Å²) in [4.78, 5) is 0. The van der Waals surface area contributed by atoms with Gasteiger partial charge in [-0.15, -0.1) is 12.4 Å². The van der Waals surface area contributed by atoms with Gasteiger partial charge < -0.3 is 5.73 Å². The quantitative estimate of drug-likeness (QED) is 0.660.